The lowest BCUT2D eigenvalue weighted by Crippen LogP contribution is -2.31. The van der Waals surface area contributed by atoms with Crippen LogP contribution in [0.2, 0.25) is 0 Å². The van der Waals surface area contributed by atoms with Crippen LogP contribution in [0.5, 0.6) is 0 Å². The molecule has 0 atom stereocenters. The molecule has 1 amide bonds. The first-order valence-corrected chi connectivity index (χ1v) is 8.16. The summed E-state index contributed by atoms with van der Waals surface area (Å²) in [6.07, 6.45) is 11.5. The average molecular weight is 329 g/mol. The van der Waals surface area contributed by atoms with E-state index in [0.717, 1.165) is 47.0 Å². The van der Waals surface area contributed by atoms with Gasteiger partial charge in [-0.25, -0.2) is 9.98 Å². The highest BCUT2D eigenvalue weighted by atomic mass is 16.1. The quantitative estimate of drug-likeness (QED) is 0.918. The third kappa shape index (κ3) is 2.22. The molecule has 3 aliphatic rings. The predicted molar refractivity (Wildman–Crippen MR) is 93.8 cm³/mol. The fourth-order valence-electron chi connectivity index (χ4n) is 3.44. The number of nitrogens with zero attached hydrogens (tertiary/aromatic N) is 4. The molecule has 6 nitrogen and oxygen atoms in total. The number of imidazole rings is 1. The molecule has 5 rings (SSSR count). The van der Waals surface area contributed by atoms with Gasteiger partial charge in [-0.05, 0) is 30.3 Å². The Hall–Kier alpha value is -3.41. The van der Waals surface area contributed by atoms with E-state index in [-0.39, 0.29) is 5.91 Å². The maximum absolute atomic E-state index is 11.8. The maximum Gasteiger partial charge on any atom is 0.248 e. The number of allylic oxidation sites excluding steroid dienone is 1. The van der Waals surface area contributed by atoms with E-state index in [0.29, 0.717) is 0 Å². The topological polar surface area (TPSA) is 62.5 Å². The van der Waals surface area contributed by atoms with Crippen molar-refractivity contribution in [2.75, 3.05) is 6.54 Å². The molecule has 4 heterocycles. The second-order valence-electron chi connectivity index (χ2n) is 6.11. The minimum Gasteiger partial charge on any atom is -0.324 e. The minimum atomic E-state index is -0.0779. The lowest BCUT2D eigenvalue weighted by Gasteiger charge is -2.27. The van der Waals surface area contributed by atoms with Crippen molar-refractivity contribution in [2.45, 2.75) is 6.42 Å². The third-order valence-corrected chi connectivity index (χ3v) is 4.61. The summed E-state index contributed by atoms with van der Waals surface area (Å²) in [6, 6.07) is 8.24. The average Bonchev–Trinajstić information content (AvgIpc) is 3.28. The van der Waals surface area contributed by atoms with E-state index in [1.54, 1.807) is 18.6 Å². The normalized spacial score (nSPS) is 18.6. The van der Waals surface area contributed by atoms with Crippen molar-refractivity contribution in [1.29, 1.82) is 0 Å². The summed E-state index contributed by atoms with van der Waals surface area (Å²) in [6.45, 7) is 0.818. The SMILES string of the molecule is O=C1C=CC2=CN=C(c3ccc(-n4ccnc4)cc3)N3CCC(=C23)N1. The molecular formula is C19H15N5O. The molecular weight excluding hydrogens is 314 g/mol. The number of aromatic nitrogens is 2. The van der Waals surface area contributed by atoms with Crippen LogP contribution in [-0.4, -0.2) is 32.7 Å². The Labute approximate surface area is 144 Å². The van der Waals surface area contributed by atoms with Crippen LogP contribution in [0, 0.1) is 0 Å². The van der Waals surface area contributed by atoms with Gasteiger partial charge < -0.3 is 14.8 Å². The molecule has 2 aromatic rings. The molecule has 6 heteroatoms. The molecule has 25 heavy (non-hydrogen) atoms. The number of nitrogens with one attached hydrogen (secondary N) is 1. The summed E-state index contributed by atoms with van der Waals surface area (Å²) in [5.41, 5.74) is 5.12. The number of benzene rings is 1. The van der Waals surface area contributed by atoms with E-state index in [1.807, 2.05) is 23.0 Å². The summed E-state index contributed by atoms with van der Waals surface area (Å²) in [7, 11) is 0. The zero-order valence-corrected chi connectivity index (χ0v) is 13.4. The van der Waals surface area contributed by atoms with Crippen LogP contribution in [0.15, 0.2) is 83.3 Å². The minimum absolute atomic E-state index is 0.0779. The van der Waals surface area contributed by atoms with Crippen LogP contribution in [0.1, 0.15) is 12.0 Å². The van der Waals surface area contributed by atoms with Crippen LogP contribution < -0.4 is 5.32 Å². The van der Waals surface area contributed by atoms with Gasteiger partial charge in [0.2, 0.25) is 5.91 Å². The van der Waals surface area contributed by atoms with Crippen molar-refractivity contribution >= 4 is 11.7 Å². The first-order chi connectivity index (χ1) is 12.3. The number of carbonyl (C=O) groups is 1. The molecule has 0 spiro atoms. The third-order valence-electron chi connectivity index (χ3n) is 4.61. The van der Waals surface area contributed by atoms with Gasteiger partial charge in [-0.1, -0.05) is 0 Å². The lowest BCUT2D eigenvalue weighted by atomic mass is 10.1. The summed E-state index contributed by atoms with van der Waals surface area (Å²) in [5, 5.41) is 2.98. The molecule has 0 aliphatic carbocycles. The molecule has 1 N–H and O–H groups in total. The van der Waals surface area contributed by atoms with Gasteiger partial charge in [-0.2, -0.15) is 0 Å². The van der Waals surface area contributed by atoms with Crippen LogP contribution in [-0.2, 0) is 4.79 Å². The van der Waals surface area contributed by atoms with Gasteiger partial charge in [0.15, 0.2) is 0 Å². The van der Waals surface area contributed by atoms with E-state index >= 15 is 0 Å². The van der Waals surface area contributed by atoms with E-state index in [2.05, 4.69) is 44.5 Å². The van der Waals surface area contributed by atoms with Gasteiger partial charge >= 0.3 is 0 Å². The second-order valence-corrected chi connectivity index (χ2v) is 6.11. The molecule has 0 fully saturated rings. The zero-order valence-electron chi connectivity index (χ0n) is 13.4. The summed E-state index contributed by atoms with van der Waals surface area (Å²) < 4.78 is 1.96. The molecule has 1 aromatic heterocycles. The van der Waals surface area contributed by atoms with Crippen LogP contribution >= 0.6 is 0 Å². The fraction of sp³-hybridized carbons (Fsp3) is 0.105. The lowest BCUT2D eigenvalue weighted by molar-refractivity contribution is -0.115. The zero-order chi connectivity index (χ0) is 16.8. The molecule has 1 aromatic carbocycles. The van der Waals surface area contributed by atoms with Crippen LogP contribution in [0.25, 0.3) is 5.69 Å². The van der Waals surface area contributed by atoms with Gasteiger partial charge in [0.25, 0.3) is 0 Å². The number of hydrogen-bond donors (Lipinski definition) is 1. The van der Waals surface area contributed by atoms with Crippen molar-refractivity contribution in [1.82, 2.24) is 19.8 Å². The highest BCUT2D eigenvalue weighted by molar-refractivity contribution is 6.03. The predicted octanol–water partition coefficient (Wildman–Crippen LogP) is 2.12. The Morgan fingerprint density at radius 1 is 1.12 bits per heavy atom. The first-order valence-electron chi connectivity index (χ1n) is 8.16. The van der Waals surface area contributed by atoms with Crippen molar-refractivity contribution in [2.24, 2.45) is 4.99 Å². The van der Waals surface area contributed by atoms with E-state index < -0.39 is 0 Å². The number of carbonyl (C=O) groups excluding carboxylic acids is 1. The first kappa shape index (κ1) is 14.0. The van der Waals surface area contributed by atoms with Crippen molar-refractivity contribution in [3.63, 3.8) is 0 Å². The highest BCUT2D eigenvalue weighted by Crippen LogP contribution is 2.34. The van der Waals surface area contributed by atoms with E-state index in [4.69, 9.17) is 0 Å². The molecule has 0 unspecified atom stereocenters. The van der Waals surface area contributed by atoms with Gasteiger partial charge in [-0.3, -0.25) is 4.79 Å². The number of aliphatic imine (C=N–C) groups is 1. The standard InChI is InChI=1S/C19H15N5O/c25-17-6-3-14-11-21-19(24-9-7-16(22-17)18(14)24)13-1-4-15(5-2-13)23-10-8-20-12-23/h1-6,8,10-12H,7,9H2,(H,22,25). The molecule has 0 saturated heterocycles. The van der Waals surface area contributed by atoms with Crippen molar-refractivity contribution in [3.8, 4) is 5.69 Å². The van der Waals surface area contributed by atoms with Crippen LogP contribution in [0.3, 0.4) is 0 Å². The van der Waals surface area contributed by atoms with Crippen molar-refractivity contribution in [3.05, 3.63) is 83.9 Å². The van der Waals surface area contributed by atoms with E-state index in [9.17, 15) is 4.79 Å². The van der Waals surface area contributed by atoms with E-state index in [1.165, 1.54) is 0 Å². The summed E-state index contributed by atoms with van der Waals surface area (Å²) in [4.78, 5) is 22.7. The van der Waals surface area contributed by atoms with Crippen LogP contribution in [0.4, 0.5) is 0 Å². The second kappa shape index (κ2) is 5.31. The summed E-state index contributed by atoms with van der Waals surface area (Å²) >= 11 is 0. The fourth-order valence-corrected chi connectivity index (χ4v) is 3.44. The van der Waals surface area contributed by atoms with Gasteiger partial charge in [0.05, 0.1) is 12.0 Å². The largest absolute Gasteiger partial charge is 0.324 e. The number of amidine groups is 1. The summed E-state index contributed by atoms with van der Waals surface area (Å²) in [5.74, 6) is 0.835. The Balaban J connectivity index is 1.54. The highest BCUT2D eigenvalue weighted by Gasteiger charge is 2.32. The number of rotatable bonds is 2. The monoisotopic (exact) mass is 329 g/mol. The molecule has 0 saturated carbocycles. The molecule has 122 valence electrons. The molecule has 3 aliphatic heterocycles. The molecule has 0 bridgehead atoms. The Kier molecular flexibility index (Phi) is 2.97. The Morgan fingerprint density at radius 2 is 2.00 bits per heavy atom. The van der Waals surface area contributed by atoms with Gasteiger partial charge in [-0.15, -0.1) is 0 Å². The number of hydrogen-bond acceptors (Lipinski definition) is 4. The Bertz CT molecular complexity index is 977. The van der Waals surface area contributed by atoms with Gasteiger partial charge in [0, 0.05) is 60.2 Å². The van der Waals surface area contributed by atoms with Crippen molar-refractivity contribution < 1.29 is 4.79 Å². The molecule has 0 radical (unpaired) electrons. The van der Waals surface area contributed by atoms with Gasteiger partial charge in [0.1, 0.15) is 5.84 Å². The smallest absolute Gasteiger partial charge is 0.248 e. The Morgan fingerprint density at radius 3 is 2.80 bits per heavy atom. The maximum atomic E-state index is 11.8. The number of amides is 1.